The Morgan fingerprint density at radius 1 is 1.53 bits per heavy atom. The standard InChI is InChI=1S/C13H17N3O/c1-3-10(2)16-13(17)9-15-12-6-4-5-11(7-12)8-14/h4-7,10,15H,3,9H2,1-2H3,(H,16,17). The zero-order valence-corrected chi connectivity index (χ0v) is 10.2. The van der Waals surface area contributed by atoms with Gasteiger partial charge < -0.3 is 10.6 Å². The van der Waals surface area contributed by atoms with Gasteiger partial charge in [0.1, 0.15) is 0 Å². The van der Waals surface area contributed by atoms with Crippen molar-refractivity contribution >= 4 is 11.6 Å². The first-order valence-electron chi connectivity index (χ1n) is 5.69. The fourth-order valence-corrected chi connectivity index (χ4v) is 1.31. The van der Waals surface area contributed by atoms with Crippen LogP contribution in [0, 0.1) is 11.3 Å². The summed E-state index contributed by atoms with van der Waals surface area (Å²) in [4.78, 5) is 11.5. The summed E-state index contributed by atoms with van der Waals surface area (Å²) < 4.78 is 0. The molecular formula is C13H17N3O. The van der Waals surface area contributed by atoms with Gasteiger partial charge >= 0.3 is 0 Å². The van der Waals surface area contributed by atoms with E-state index in [1.807, 2.05) is 19.9 Å². The Kier molecular flexibility index (Phi) is 5.02. The van der Waals surface area contributed by atoms with Gasteiger partial charge in [0.15, 0.2) is 0 Å². The van der Waals surface area contributed by atoms with E-state index in [2.05, 4.69) is 16.7 Å². The number of anilines is 1. The largest absolute Gasteiger partial charge is 0.376 e. The van der Waals surface area contributed by atoms with E-state index in [0.717, 1.165) is 12.1 Å². The molecule has 0 bridgehead atoms. The van der Waals surface area contributed by atoms with Crippen LogP contribution in [0.3, 0.4) is 0 Å². The van der Waals surface area contributed by atoms with Gasteiger partial charge in [-0.1, -0.05) is 13.0 Å². The maximum absolute atomic E-state index is 11.5. The number of amides is 1. The van der Waals surface area contributed by atoms with E-state index in [1.165, 1.54) is 0 Å². The lowest BCUT2D eigenvalue weighted by Crippen LogP contribution is -2.36. The SMILES string of the molecule is CCC(C)NC(=O)CNc1cccc(C#N)c1. The Labute approximate surface area is 102 Å². The lowest BCUT2D eigenvalue weighted by Gasteiger charge is -2.12. The third kappa shape index (κ3) is 4.56. The summed E-state index contributed by atoms with van der Waals surface area (Å²) in [6, 6.07) is 9.31. The smallest absolute Gasteiger partial charge is 0.239 e. The van der Waals surface area contributed by atoms with Gasteiger partial charge in [0.25, 0.3) is 0 Å². The molecule has 0 fully saturated rings. The first kappa shape index (κ1) is 13.0. The number of nitrogens with zero attached hydrogens (tertiary/aromatic N) is 1. The summed E-state index contributed by atoms with van der Waals surface area (Å²) in [6.07, 6.45) is 0.912. The van der Waals surface area contributed by atoms with E-state index in [4.69, 9.17) is 5.26 Å². The van der Waals surface area contributed by atoms with Crippen LogP contribution in [-0.4, -0.2) is 18.5 Å². The Balaban J connectivity index is 2.45. The zero-order valence-electron chi connectivity index (χ0n) is 10.2. The molecule has 1 unspecified atom stereocenters. The minimum Gasteiger partial charge on any atom is -0.376 e. The third-order valence-corrected chi connectivity index (χ3v) is 2.46. The molecule has 0 aliphatic rings. The molecule has 0 saturated heterocycles. The van der Waals surface area contributed by atoms with Gasteiger partial charge in [-0.05, 0) is 31.5 Å². The summed E-state index contributed by atoms with van der Waals surface area (Å²) in [5.74, 6) is -0.0401. The number of rotatable bonds is 5. The van der Waals surface area contributed by atoms with Crippen LogP contribution < -0.4 is 10.6 Å². The lowest BCUT2D eigenvalue weighted by molar-refractivity contribution is -0.120. The molecule has 1 aromatic carbocycles. The second-order valence-corrected chi connectivity index (χ2v) is 3.92. The van der Waals surface area contributed by atoms with Gasteiger partial charge in [-0.2, -0.15) is 5.26 Å². The normalized spacial score (nSPS) is 11.4. The number of carbonyl (C=O) groups is 1. The molecule has 2 N–H and O–H groups in total. The average molecular weight is 231 g/mol. The van der Waals surface area contributed by atoms with Crippen molar-refractivity contribution in [1.29, 1.82) is 5.26 Å². The predicted molar refractivity (Wildman–Crippen MR) is 67.5 cm³/mol. The Morgan fingerprint density at radius 3 is 2.94 bits per heavy atom. The molecule has 17 heavy (non-hydrogen) atoms. The number of nitriles is 1. The van der Waals surface area contributed by atoms with E-state index in [0.29, 0.717) is 5.56 Å². The molecule has 0 aliphatic carbocycles. The first-order valence-corrected chi connectivity index (χ1v) is 5.69. The van der Waals surface area contributed by atoms with Crippen LogP contribution in [0.2, 0.25) is 0 Å². The van der Waals surface area contributed by atoms with Gasteiger partial charge in [0, 0.05) is 11.7 Å². The van der Waals surface area contributed by atoms with Crippen molar-refractivity contribution in [3.63, 3.8) is 0 Å². The summed E-state index contributed by atoms with van der Waals surface area (Å²) in [5, 5.41) is 14.6. The Morgan fingerprint density at radius 2 is 2.29 bits per heavy atom. The summed E-state index contributed by atoms with van der Waals surface area (Å²) in [6.45, 7) is 4.21. The molecule has 0 spiro atoms. The fourth-order valence-electron chi connectivity index (χ4n) is 1.31. The van der Waals surface area contributed by atoms with Gasteiger partial charge in [0.05, 0.1) is 18.2 Å². The van der Waals surface area contributed by atoms with E-state index in [9.17, 15) is 4.79 Å². The highest BCUT2D eigenvalue weighted by molar-refractivity contribution is 5.80. The zero-order chi connectivity index (χ0) is 12.7. The Hall–Kier alpha value is -2.02. The van der Waals surface area contributed by atoms with Crippen molar-refractivity contribution in [3.8, 4) is 6.07 Å². The maximum Gasteiger partial charge on any atom is 0.239 e. The lowest BCUT2D eigenvalue weighted by atomic mass is 10.2. The van der Waals surface area contributed by atoms with Crippen LogP contribution in [0.5, 0.6) is 0 Å². The topological polar surface area (TPSA) is 64.9 Å². The minimum absolute atomic E-state index is 0.0401. The summed E-state index contributed by atoms with van der Waals surface area (Å²) in [5.41, 5.74) is 1.36. The molecule has 4 nitrogen and oxygen atoms in total. The number of carbonyl (C=O) groups excluding carboxylic acids is 1. The molecule has 0 aliphatic heterocycles. The third-order valence-electron chi connectivity index (χ3n) is 2.46. The van der Waals surface area contributed by atoms with Crippen molar-refractivity contribution in [2.24, 2.45) is 0 Å². The number of hydrogen-bond donors (Lipinski definition) is 2. The van der Waals surface area contributed by atoms with Crippen LogP contribution in [0.25, 0.3) is 0 Å². The molecule has 0 saturated carbocycles. The molecule has 1 amide bonds. The summed E-state index contributed by atoms with van der Waals surface area (Å²) >= 11 is 0. The van der Waals surface area contributed by atoms with Gasteiger partial charge in [-0.15, -0.1) is 0 Å². The van der Waals surface area contributed by atoms with Crippen LogP contribution in [0.1, 0.15) is 25.8 Å². The molecule has 0 heterocycles. The highest BCUT2D eigenvalue weighted by Crippen LogP contribution is 2.08. The maximum atomic E-state index is 11.5. The monoisotopic (exact) mass is 231 g/mol. The van der Waals surface area contributed by atoms with Crippen molar-refractivity contribution in [2.45, 2.75) is 26.3 Å². The van der Waals surface area contributed by atoms with Crippen molar-refractivity contribution in [3.05, 3.63) is 29.8 Å². The molecule has 1 rings (SSSR count). The number of nitrogens with one attached hydrogen (secondary N) is 2. The molecule has 0 radical (unpaired) electrons. The van der Waals surface area contributed by atoms with Crippen molar-refractivity contribution < 1.29 is 4.79 Å². The summed E-state index contributed by atoms with van der Waals surface area (Å²) in [7, 11) is 0. The van der Waals surface area contributed by atoms with Crippen molar-refractivity contribution in [2.75, 3.05) is 11.9 Å². The molecule has 0 aromatic heterocycles. The van der Waals surface area contributed by atoms with Crippen molar-refractivity contribution in [1.82, 2.24) is 5.32 Å². The number of benzene rings is 1. The quantitative estimate of drug-likeness (QED) is 0.813. The molecule has 90 valence electrons. The highest BCUT2D eigenvalue weighted by Gasteiger charge is 2.04. The second-order valence-electron chi connectivity index (χ2n) is 3.92. The molecule has 4 heteroatoms. The van der Waals surface area contributed by atoms with Crippen LogP contribution >= 0.6 is 0 Å². The number of hydrogen-bond acceptors (Lipinski definition) is 3. The second kappa shape index (κ2) is 6.54. The van der Waals surface area contributed by atoms with E-state index in [1.54, 1.807) is 18.2 Å². The van der Waals surface area contributed by atoms with Gasteiger partial charge in [0.2, 0.25) is 5.91 Å². The van der Waals surface area contributed by atoms with Crippen LogP contribution in [-0.2, 0) is 4.79 Å². The predicted octanol–water partition coefficient (Wildman–Crippen LogP) is 1.88. The van der Waals surface area contributed by atoms with Crippen LogP contribution in [0.4, 0.5) is 5.69 Å². The van der Waals surface area contributed by atoms with Crippen LogP contribution in [0.15, 0.2) is 24.3 Å². The van der Waals surface area contributed by atoms with Gasteiger partial charge in [-0.3, -0.25) is 4.79 Å². The van der Waals surface area contributed by atoms with Gasteiger partial charge in [-0.25, -0.2) is 0 Å². The molecule has 1 atom stereocenters. The minimum atomic E-state index is -0.0401. The fraction of sp³-hybridized carbons (Fsp3) is 0.385. The average Bonchev–Trinajstić information content (AvgIpc) is 2.36. The van der Waals surface area contributed by atoms with E-state index in [-0.39, 0.29) is 18.5 Å². The molecular weight excluding hydrogens is 214 g/mol. The molecule has 1 aromatic rings. The Bertz CT molecular complexity index is 423. The van der Waals surface area contributed by atoms with E-state index < -0.39 is 0 Å². The van der Waals surface area contributed by atoms with E-state index >= 15 is 0 Å². The highest BCUT2D eigenvalue weighted by atomic mass is 16.1. The first-order chi connectivity index (χ1) is 8.15.